The van der Waals surface area contributed by atoms with Crippen LogP contribution in [-0.2, 0) is 4.74 Å². The molecule has 4 nitrogen and oxygen atoms in total. The summed E-state index contributed by atoms with van der Waals surface area (Å²) in [5, 5.41) is 0.700. The molecule has 1 aromatic heterocycles. The maximum atomic E-state index is 13.3. The van der Waals surface area contributed by atoms with Crippen LogP contribution in [0.25, 0.3) is 10.9 Å². The third kappa shape index (κ3) is 2.78. The lowest BCUT2D eigenvalue weighted by Crippen LogP contribution is -2.42. The lowest BCUT2D eigenvalue weighted by molar-refractivity contribution is -0.0229. The first kappa shape index (κ1) is 14.9. The number of amides is 1. The Kier molecular flexibility index (Phi) is 3.78. The first-order valence-corrected chi connectivity index (χ1v) is 7.95. The highest BCUT2D eigenvalue weighted by Crippen LogP contribution is 2.24. The minimum atomic E-state index is -0.309. The van der Waals surface area contributed by atoms with Crippen LogP contribution in [0.4, 0.5) is 4.39 Å². The average Bonchev–Trinajstić information content (AvgIpc) is 3.05. The number of H-pyrrole nitrogens is 1. The predicted octanol–water partition coefficient (Wildman–Crippen LogP) is 3.52. The van der Waals surface area contributed by atoms with E-state index in [-0.39, 0.29) is 17.8 Å². The van der Waals surface area contributed by atoms with Gasteiger partial charge in [0.2, 0.25) is 0 Å². The van der Waals surface area contributed by atoms with Crippen molar-refractivity contribution in [1.82, 2.24) is 9.88 Å². The molecule has 122 valence electrons. The Balaban J connectivity index is 1.56. The summed E-state index contributed by atoms with van der Waals surface area (Å²) in [4.78, 5) is 17.6. The highest BCUT2D eigenvalue weighted by atomic mass is 19.1. The molecule has 5 heteroatoms. The SMILES string of the molecule is O=C(c1cc2cc(F)ccc2[nH]1)N1CCOC(c2ccccc2)C1. The smallest absolute Gasteiger partial charge is 0.270 e. The van der Waals surface area contributed by atoms with Gasteiger partial charge in [-0.25, -0.2) is 4.39 Å². The van der Waals surface area contributed by atoms with Crippen molar-refractivity contribution in [3.63, 3.8) is 0 Å². The highest BCUT2D eigenvalue weighted by molar-refractivity contribution is 5.98. The number of ether oxygens (including phenoxy) is 1. The number of morpholine rings is 1. The third-order valence-corrected chi connectivity index (χ3v) is 4.34. The minimum absolute atomic E-state index is 0.0872. The number of aromatic nitrogens is 1. The number of nitrogens with zero attached hydrogens (tertiary/aromatic N) is 1. The molecule has 1 amide bonds. The second kappa shape index (κ2) is 6.09. The quantitative estimate of drug-likeness (QED) is 0.784. The van der Waals surface area contributed by atoms with Gasteiger partial charge in [-0.1, -0.05) is 30.3 Å². The zero-order valence-corrected chi connectivity index (χ0v) is 13.0. The second-order valence-corrected chi connectivity index (χ2v) is 5.94. The predicted molar refractivity (Wildman–Crippen MR) is 89.3 cm³/mol. The molecular weight excluding hydrogens is 307 g/mol. The number of fused-ring (bicyclic) bond motifs is 1. The van der Waals surface area contributed by atoms with Crippen LogP contribution in [-0.4, -0.2) is 35.5 Å². The Morgan fingerprint density at radius 2 is 2.00 bits per heavy atom. The fourth-order valence-corrected chi connectivity index (χ4v) is 3.09. The molecule has 24 heavy (non-hydrogen) atoms. The van der Waals surface area contributed by atoms with Gasteiger partial charge in [-0.15, -0.1) is 0 Å². The van der Waals surface area contributed by atoms with Gasteiger partial charge < -0.3 is 14.6 Å². The van der Waals surface area contributed by atoms with E-state index in [2.05, 4.69) is 4.98 Å². The number of carbonyl (C=O) groups excluding carboxylic acids is 1. The van der Waals surface area contributed by atoms with Crippen molar-refractivity contribution in [1.29, 1.82) is 0 Å². The van der Waals surface area contributed by atoms with Gasteiger partial charge in [0.05, 0.1) is 13.2 Å². The summed E-state index contributed by atoms with van der Waals surface area (Å²) in [5.41, 5.74) is 2.30. The molecule has 0 radical (unpaired) electrons. The van der Waals surface area contributed by atoms with Crippen LogP contribution in [0.15, 0.2) is 54.6 Å². The van der Waals surface area contributed by atoms with E-state index in [1.54, 1.807) is 17.0 Å². The van der Waals surface area contributed by atoms with Crippen LogP contribution < -0.4 is 0 Å². The van der Waals surface area contributed by atoms with Gasteiger partial charge in [0, 0.05) is 17.4 Å². The van der Waals surface area contributed by atoms with E-state index >= 15 is 0 Å². The van der Waals surface area contributed by atoms with E-state index < -0.39 is 0 Å². The van der Waals surface area contributed by atoms with E-state index in [4.69, 9.17) is 4.74 Å². The van der Waals surface area contributed by atoms with E-state index in [1.165, 1.54) is 12.1 Å². The molecule has 0 aliphatic carbocycles. The molecule has 1 aliphatic rings. The summed E-state index contributed by atoms with van der Waals surface area (Å²) in [6, 6.07) is 16.0. The van der Waals surface area contributed by atoms with Gasteiger partial charge in [-0.3, -0.25) is 4.79 Å². The monoisotopic (exact) mass is 324 g/mol. The fraction of sp³-hybridized carbons (Fsp3) is 0.211. The Bertz CT molecular complexity index is 875. The summed E-state index contributed by atoms with van der Waals surface area (Å²) < 4.78 is 19.1. The third-order valence-electron chi connectivity index (χ3n) is 4.34. The maximum absolute atomic E-state index is 13.3. The van der Waals surface area contributed by atoms with Gasteiger partial charge in [0.25, 0.3) is 5.91 Å². The van der Waals surface area contributed by atoms with Gasteiger partial charge in [0.1, 0.15) is 17.6 Å². The highest BCUT2D eigenvalue weighted by Gasteiger charge is 2.26. The van der Waals surface area contributed by atoms with E-state index in [0.717, 1.165) is 11.1 Å². The fourth-order valence-electron chi connectivity index (χ4n) is 3.09. The van der Waals surface area contributed by atoms with Gasteiger partial charge in [0.15, 0.2) is 0 Å². The van der Waals surface area contributed by atoms with Crippen LogP contribution >= 0.6 is 0 Å². The first-order valence-electron chi connectivity index (χ1n) is 7.95. The molecule has 2 heterocycles. The van der Waals surface area contributed by atoms with Gasteiger partial charge >= 0.3 is 0 Å². The summed E-state index contributed by atoms with van der Waals surface area (Å²) in [5.74, 6) is -0.396. The van der Waals surface area contributed by atoms with E-state index in [9.17, 15) is 9.18 Å². The molecule has 1 aliphatic heterocycles. The van der Waals surface area contributed by atoms with Crippen molar-refractivity contribution >= 4 is 16.8 Å². The number of carbonyl (C=O) groups is 1. The van der Waals surface area contributed by atoms with Crippen LogP contribution in [0.2, 0.25) is 0 Å². The number of aromatic amines is 1. The molecule has 1 saturated heterocycles. The maximum Gasteiger partial charge on any atom is 0.270 e. The molecule has 1 fully saturated rings. The summed E-state index contributed by atoms with van der Waals surface area (Å²) >= 11 is 0. The molecule has 1 unspecified atom stereocenters. The van der Waals surface area contributed by atoms with Crippen LogP contribution in [0.1, 0.15) is 22.2 Å². The summed E-state index contributed by atoms with van der Waals surface area (Å²) in [6.07, 6.45) is -0.120. The topological polar surface area (TPSA) is 45.3 Å². The number of hydrogen-bond acceptors (Lipinski definition) is 2. The number of rotatable bonds is 2. The zero-order chi connectivity index (χ0) is 16.5. The number of nitrogens with one attached hydrogen (secondary N) is 1. The molecule has 0 bridgehead atoms. The largest absolute Gasteiger partial charge is 0.370 e. The van der Waals surface area contributed by atoms with E-state index in [1.807, 2.05) is 30.3 Å². The van der Waals surface area contributed by atoms with Crippen molar-refractivity contribution in [3.8, 4) is 0 Å². The van der Waals surface area contributed by atoms with Crippen LogP contribution in [0.3, 0.4) is 0 Å². The van der Waals surface area contributed by atoms with Crippen molar-refractivity contribution in [2.75, 3.05) is 19.7 Å². The average molecular weight is 324 g/mol. The Morgan fingerprint density at radius 3 is 2.83 bits per heavy atom. The Labute approximate surface area is 138 Å². The molecule has 1 N–H and O–H groups in total. The molecule has 4 rings (SSSR count). The Hall–Kier alpha value is -2.66. The number of benzene rings is 2. The molecule has 3 aromatic rings. The lowest BCUT2D eigenvalue weighted by Gasteiger charge is -2.33. The summed E-state index contributed by atoms with van der Waals surface area (Å²) in [6.45, 7) is 1.55. The lowest BCUT2D eigenvalue weighted by atomic mass is 10.1. The van der Waals surface area contributed by atoms with Crippen molar-refractivity contribution in [2.24, 2.45) is 0 Å². The first-order chi connectivity index (χ1) is 11.7. The molecule has 0 spiro atoms. The minimum Gasteiger partial charge on any atom is -0.370 e. The van der Waals surface area contributed by atoms with E-state index in [0.29, 0.717) is 30.8 Å². The molecular formula is C19H17FN2O2. The normalized spacial score (nSPS) is 18.0. The molecule has 0 saturated carbocycles. The zero-order valence-electron chi connectivity index (χ0n) is 13.0. The molecule has 1 atom stereocenters. The van der Waals surface area contributed by atoms with Gasteiger partial charge in [-0.2, -0.15) is 0 Å². The number of hydrogen-bond donors (Lipinski definition) is 1. The standard InChI is InChI=1S/C19H17FN2O2/c20-15-6-7-16-14(10-15)11-17(21-16)19(23)22-8-9-24-18(12-22)13-4-2-1-3-5-13/h1-7,10-11,18,21H,8-9,12H2. The Morgan fingerprint density at radius 1 is 1.17 bits per heavy atom. The van der Waals surface area contributed by atoms with Crippen LogP contribution in [0, 0.1) is 5.82 Å². The van der Waals surface area contributed by atoms with Crippen molar-refractivity contribution in [2.45, 2.75) is 6.10 Å². The van der Waals surface area contributed by atoms with Gasteiger partial charge in [-0.05, 0) is 29.8 Å². The van der Waals surface area contributed by atoms with Crippen molar-refractivity contribution < 1.29 is 13.9 Å². The molecule has 2 aromatic carbocycles. The number of halogens is 1. The van der Waals surface area contributed by atoms with Crippen molar-refractivity contribution in [3.05, 3.63) is 71.7 Å². The van der Waals surface area contributed by atoms with Crippen LogP contribution in [0.5, 0.6) is 0 Å². The summed E-state index contributed by atoms with van der Waals surface area (Å²) in [7, 11) is 0. The second-order valence-electron chi connectivity index (χ2n) is 5.94.